The number of hydrogen-bond acceptors (Lipinski definition) is 6. The number of anilines is 2. The van der Waals surface area contributed by atoms with E-state index in [2.05, 4.69) is 15.0 Å². The highest BCUT2D eigenvalue weighted by Crippen LogP contribution is 2.31. The fraction of sp³-hybridized carbons (Fsp3) is 0.143. The zero-order chi connectivity index (χ0) is 15.4. The topological polar surface area (TPSA) is 94.4 Å². The second kappa shape index (κ2) is 6.00. The minimum atomic E-state index is -0.616. The van der Waals surface area contributed by atoms with Crippen molar-refractivity contribution in [2.75, 3.05) is 12.4 Å². The predicted molar refractivity (Wildman–Crippen MR) is 76.7 cm³/mol. The molecular weight excluding hydrogens is 274 g/mol. The molecule has 21 heavy (non-hydrogen) atoms. The van der Waals surface area contributed by atoms with Crippen LogP contribution in [0.2, 0.25) is 0 Å². The second-order valence-electron chi connectivity index (χ2n) is 4.24. The minimum Gasteiger partial charge on any atom is -0.464 e. The van der Waals surface area contributed by atoms with Crippen LogP contribution >= 0.6 is 0 Å². The van der Waals surface area contributed by atoms with E-state index in [0.717, 1.165) is 0 Å². The van der Waals surface area contributed by atoms with E-state index in [0.29, 0.717) is 16.9 Å². The maximum Gasteiger partial charge on any atom is 0.358 e. The van der Waals surface area contributed by atoms with Crippen molar-refractivity contribution in [2.45, 2.75) is 6.92 Å². The van der Waals surface area contributed by atoms with E-state index in [-0.39, 0.29) is 11.4 Å². The fourth-order valence-electron chi connectivity index (χ4n) is 1.87. The normalized spacial score (nSPS) is 10.0. The van der Waals surface area contributed by atoms with Crippen LogP contribution in [-0.2, 0) is 4.74 Å². The number of nitrogens with one attached hydrogen (secondary N) is 1. The molecule has 7 nitrogen and oxygen atoms in total. The van der Waals surface area contributed by atoms with Gasteiger partial charge in [-0.3, -0.25) is 10.1 Å². The molecule has 0 spiro atoms. The number of nitrogens with zero attached hydrogens (tertiary/aromatic N) is 2. The van der Waals surface area contributed by atoms with Gasteiger partial charge in [0.05, 0.1) is 17.7 Å². The van der Waals surface area contributed by atoms with Gasteiger partial charge in [0.15, 0.2) is 5.69 Å². The van der Waals surface area contributed by atoms with E-state index in [1.165, 1.54) is 19.4 Å². The summed E-state index contributed by atoms with van der Waals surface area (Å²) in [5.41, 5.74) is 1.35. The molecule has 0 radical (unpaired) electrons. The van der Waals surface area contributed by atoms with Gasteiger partial charge in [0.1, 0.15) is 5.69 Å². The summed E-state index contributed by atoms with van der Waals surface area (Å²) in [5, 5.41) is 14.0. The first-order valence-corrected chi connectivity index (χ1v) is 6.09. The van der Waals surface area contributed by atoms with Crippen LogP contribution in [0.25, 0.3) is 0 Å². The first-order valence-electron chi connectivity index (χ1n) is 6.09. The molecule has 2 aromatic rings. The number of pyridine rings is 1. The SMILES string of the molecule is COC(=O)c1ncccc1Nc1c(C)cccc1[N+](=O)[O-]. The van der Waals surface area contributed by atoms with Crippen molar-refractivity contribution in [1.82, 2.24) is 4.98 Å². The van der Waals surface area contributed by atoms with Crippen LogP contribution in [0.1, 0.15) is 16.1 Å². The van der Waals surface area contributed by atoms with E-state index in [1.807, 2.05) is 0 Å². The first kappa shape index (κ1) is 14.4. The number of carbonyl (C=O) groups is 1. The highest BCUT2D eigenvalue weighted by atomic mass is 16.6. The zero-order valence-corrected chi connectivity index (χ0v) is 11.5. The number of ether oxygens (including phenoxy) is 1. The Balaban J connectivity index is 2.49. The summed E-state index contributed by atoms with van der Waals surface area (Å²) >= 11 is 0. The van der Waals surface area contributed by atoms with Gasteiger partial charge >= 0.3 is 5.97 Å². The van der Waals surface area contributed by atoms with Crippen LogP contribution in [0.4, 0.5) is 17.1 Å². The minimum absolute atomic E-state index is 0.0672. The third kappa shape index (κ3) is 2.97. The molecule has 0 saturated carbocycles. The smallest absolute Gasteiger partial charge is 0.358 e. The monoisotopic (exact) mass is 287 g/mol. The molecule has 0 fully saturated rings. The number of aryl methyl sites for hydroxylation is 1. The Bertz CT molecular complexity index is 700. The van der Waals surface area contributed by atoms with Gasteiger partial charge < -0.3 is 10.1 Å². The average molecular weight is 287 g/mol. The number of nitro groups is 1. The van der Waals surface area contributed by atoms with E-state index in [1.54, 1.807) is 31.2 Å². The fourth-order valence-corrected chi connectivity index (χ4v) is 1.87. The van der Waals surface area contributed by atoms with Crippen molar-refractivity contribution in [2.24, 2.45) is 0 Å². The van der Waals surface area contributed by atoms with Crippen molar-refractivity contribution < 1.29 is 14.5 Å². The van der Waals surface area contributed by atoms with Crippen molar-refractivity contribution in [3.63, 3.8) is 0 Å². The Kier molecular flexibility index (Phi) is 4.13. The molecule has 108 valence electrons. The van der Waals surface area contributed by atoms with E-state index in [4.69, 9.17) is 0 Å². The number of hydrogen-bond donors (Lipinski definition) is 1. The highest BCUT2D eigenvalue weighted by Gasteiger charge is 2.19. The molecule has 1 N–H and O–H groups in total. The Labute approximate surface area is 120 Å². The van der Waals surface area contributed by atoms with Gasteiger partial charge in [-0.1, -0.05) is 12.1 Å². The van der Waals surface area contributed by atoms with Gasteiger partial charge in [0, 0.05) is 12.3 Å². The lowest BCUT2D eigenvalue weighted by atomic mass is 10.1. The summed E-state index contributed by atoms with van der Waals surface area (Å²) in [6.07, 6.45) is 1.45. The lowest BCUT2D eigenvalue weighted by Crippen LogP contribution is -2.09. The number of para-hydroxylation sites is 1. The third-order valence-corrected chi connectivity index (χ3v) is 2.89. The van der Waals surface area contributed by atoms with Crippen LogP contribution in [0.15, 0.2) is 36.5 Å². The number of carbonyl (C=O) groups excluding carboxylic acids is 1. The van der Waals surface area contributed by atoms with Gasteiger partial charge in [-0.15, -0.1) is 0 Å². The average Bonchev–Trinajstić information content (AvgIpc) is 2.48. The Hall–Kier alpha value is -2.96. The standard InChI is InChI=1S/C14H13N3O4/c1-9-5-3-7-11(17(19)20)12(9)16-10-6-4-8-15-13(10)14(18)21-2/h3-8,16H,1-2H3. The molecule has 0 amide bonds. The van der Waals surface area contributed by atoms with Crippen LogP contribution in [-0.4, -0.2) is 23.0 Å². The summed E-state index contributed by atoms with van der Waals surface area (Å²) in [6, 6.07) is 7.96. The highest BCUT2D eigenvalue weighted by molar-refractivity contribution is 5.94. The number of aromatic nitrogens is 1. The molecule has 0 aliphatic rings. The summed E-state index contributed by atoms with van der Waals surface area (Å²) in [7, 11) is 1.25. The van der Waals surface area contributed by atoms with Gasteiger partial charge in [-0.05, 0) is 24.6 Å². The van der Waals surface area contributed by atoms with Gasteiger partial charge in [0.25, 0.3) is 5.69 Å². The van der Waals surface area contributed by atoms with Crippen molar-refractivity contribution >= 4 is 23.0 Å². The molecule has 7 heteroatoms. The van der Waals surface area contributed by atoms with Crippen molar-refractivity contribution in [3.8, 4) is 0 Å². The van der Waals surface area contributed by atoms with Crippen molar-refractivity contribution in [1.29, 1.82) is 0 Å². The molecule has 0 saturated heterocycles. The molecule has 2 rings (SSSR count). The molecule has 1 aromatic heterocycles. The van der Waals surface area contributed by atoms with Crippen molar-refractivity contribution in [3.05, 3.63) is 57.9 Å². The number of rotatable bonds is 4. The van der Waals surface area contributed by atoms with E-state index < -0.39 is 10.9 Å². The quantitative estimate of drug-likeness (QED) is 0.528. The second-order valence-corrected chi connectivity index (χ2v) is 4.24. The number of methoxy groups -OCH3 is 1. The van der Waals surface area contributed by atoms with Crippen LogP contribution < -0.4 is 5.32 Å². The lowest BCUT2D eigenvalue weighted by molar-refractivity contribution is -0.384. The number of esters is 1. The molecule has 0 aliphatic heterocycles. The van der Waals surface area contributed by atoms with Gasteiger partial charge in [0.2, 0.25) is 0 Å². The van der Waals surface area contributed by atoms with Crippen LogP contribution in [0.5, 0.6) is 0 Å². The maximum atomic E-state index is 11.7. The lowest BCUT2D eigenvalue weighted by Gasteiger charge is -2.12. The van der Waals surface area contributed by atoms with Crippen LogP contribution in [0.3, 0.4) is 0 Å². The molecule has 0 aliphatic carbocycles. The Morgan fingerprint density at radius 2 is 2.10 bits per heavy atom. The maximum absolute atomic E-state index is 11.7. The molecule has 0 unspecified atom stereocenters. The first-order chi connectivity index (χ1) is 10.0. The Morgan fingerprint density at radius 1 is 1.33 bits per heavy atom. The van der Waals surface area contributed by atoms with E-state index in [9.17, 15) is 14.9 Å². The number of benzene rings is 1. The summed E-state index contributed by atoms with van der Waals surface area (Å²) in [5.74, 6) is -0.616. The van der Waals surface area contributed by atoms with Gasteiger partial charge in [-0.2, -0.15) is 0 Å². The summed E-state index contributed by atoms with van der Waals surface area (Å²) in [4.78, 5) is 26.2. The number of nitro benzene ring substituents is 1. The molecule has 1 heterocycles. The van der Waals surface area contributed by atoms with Gasteiger partial charge in [-0.25, -0.2) is 9.78 Å². The predicted octanol–water partition coefficient (Wildman–Crippen LogP) is 2.83. The van der Waals surface area contributed by atoms with E-state index >= 15 is 0 Å². The summed E-state index contributed by atoms with van der Waals surface area (Å²) in [6.45, 7) is 1.74. The largest absolute Gasteiger partial charge is 0.464 e. The molecule has 0 bridgehead atoms. The molecule has 1 aromatic carbocycles. The zero-order valence-electron chi connectivity index (χ0n) is 11.5. The molecule has 0 atom stereocenters. The Morgan fingerprint density at radius 3 is 2.76 bits per heavy atom. The summed E-state index contributed by atoms with van der Waals surface area (Å²) < 4.78 is 4.65. The molecular formula is C14H13N3O4. The third-order valence-electron chi connectivity index (χ3n) is 2.89. The van der Waals surface area contributed by atoms with Crippen LogP contribution in [0, 0.1) is 17.0 Å².